The van der Waals surface area contributed by atoms with Crippen molar-refractivity contribution in [2.45, 2.75) is 20.3 Å². The first kappa shape index (κ1) is 24.9. The summed E-state index contributed by atoms with van der Waals surface area (Å²) in [4.78, 5) is 36.3. The van der Waals surface area contributed by atoms with Gasteiger partial charge in [-0.2, -0.15) is 4.98 Å². The third-order valence-corrected chi connectivity index (χ3v) is 6.05. The fourth-order valence-corrected chi connectivity index (χ4v) is 4.07. The minimum Gasteiger partial charge on any atom is -0.437 e. The average Bonchev–Trinajstić information content (AvgIpc) is 2.85. The third-order valence-electron chi connectivity index (χ3n) is 6.05. The van der Waals surface area contributed by atoms with Gasteiger partial charge in [-0.05, 0) is 50.2 Å². The molecule has 3 N–H and O–H groups in total. The SMILES string of the molecule is CCc1nc(C(N)=O)c(Nc2ccc(N3CCN(C)CC3)c(C)c2)nc1Oc1cccc([N+](=O)[O-])c1. The molecule has 0 bridgehead atoms. The molecule has 36 heavy (non-hydrogen) atoms. The number of nitrogens with zero attached hydrogens (tertiary/aromatic N) is 5. The van der Waals surface area contributed by atoms with Crippen molar-refractivity contribution in [3.63, 3.8) is 0 Å². The molecule has 1 aliphatic rings. The van der Waals surface area contributed by atoms with Crippen molar-refractivity contribution in [3.8, 4) is 11.6 Å². The highest BCUT2D eigenvalue weighted by Gasteiger charge is 2.20. The normalized spacial score (nSPS) is 13.9. The lowest BCUT2D eigenvalue weighted by Gasteiger charge is -2.35. The summed E-state index contributed by atoms with van der Waals surface area (Å²) in [5, 5.41) is 14.3. The number of nitro benzene ring substituents is 1. The van der Waals surface area contributed by atoms with Crippen molar-refractivity contribution in [1.29, 1.82) is 0 Å². The zero-order valence-corrected chi connectivity index (χ0v) is 20.5. The monoisotopic (exact) mass is 491 g/mol. The quantitative estimate of drug-likeness (QED) is 0.357. The van der Waals surface area contributed by atoms with Crippen LogP contribution in [0.4, 0.5) is 22.9 Å². The maximum Gasteiger partial charge on any atom is 0.273 e. The number of aromatic nitrogens is 2. The molecule has 2 aromatic carbocycles. The number of hydrogen-bond acceptors (Lipinski definition) is 9. The molecule has 188 valence electrons. The van der Waals surface area contributed by atoms with Gasteiger partial charge < -0.3 is 25.6 Å². The Morgan fingerprint density at radius 1 is 1.17 bits per heavy atom. The Labute approximate surface area is 209 Å². The van der Waals surface area contributed by atoms with E-state index in [1.165, 1.54) is 18.2 Å². The van der Waals surface area contributed by atoms with Crippen LogP contribution in [0.2, 0.25) is 0 Å². The zero-order valence-electron chi connectivity index (χ0n) is 20.5. The number of primary amides is 1. The number of benzene rings is 2. The van der Waals surface area contributed by atoms with Crippen LogP contribution >= 0.6 is 0 Å². The molecular formula is C25H29N7O4. The number of piperazine rings is 1. The lowest BCUT2D eigenvalue weighted by atomic mass is 10.1. The topological polar surface area (TPSA) is 140 Å². The van der Waals surface area contributed by atoms with E-state index in [9.17, 15) is 14.9 Å². The summed E-state index contributed by atoms with van der Waals surface area (Å²) in [6, 6.07) is 11.7. The van der Waals surface area contributed by atoms with E-state index >= 15 is 0 Å². The van der Waals surface area contributed by atoms with E-state index in [4.69, 9.17) is 10.5 Å². The average molecular weight is 492 g/mol. The van der Waals surface area contributed by atoms with Gasteiger partial charge in [-0.25, -0.2) is 4.98 Å². The van der Waals surface area contributed by atoms with Crippen molar-refractivity contribution in [3.05, 3.63) is 69.5 Å². The van der Waals surface area contributed by atoms with E-state index < -0.39 is 10.8 Å². The predicted molar refractivity (Wildman–Crippen MR) is 137 cm³/mol. The Balaban J connectivity index is 1.64. The Hall–Kier alpha value is -4.25. The van der Waals surface area contributed by atoms with Gasteiger partial charge >= 0.3 is 0 Å². The van der Waals surface area contributed by atoms with Crippen LogP contribution in [0.5, 0.6) is 11.6 Å². The molecular weight excluding hydrogens is 462 g/mol. The molecule has 0 aliphatic carbocycles. The predicted octanol–water partition coefficient (Wildman–Crippen LogP) is 3.64. The Bertz CT molecular complexity index is 1290. The number of hydrogen-bond donors (Lipinski definition) is 2. The number of nitro groups is 1. The van der Waals surface area contributed by atoms with Gasteiger partial charge in [0, 0.05) is 43.6 Å². The highest BCUT2D eigenvalue weighted by atomic mass is 16.6. The van der Waals surface area contributed by atoms with Crippen molar-refractivity contribution < 1.29 is 14.5 Å². The van der Waals surface area contributed by atoms with E-state index in [1.807, 2.05) is 32.0 Å². The summed E-state index contributed by atoms with van der Waals surface area (Å²) in [5.41, 5.74) is 8.84. The van der Waals surface area contributed by atoms with Gasteiger partial charge in [0.15, 0.2) is 11.5 Å². The van der Waals surface area contributed by atoms with Crippen LogP contribution in [0.25, 0.3) is 0 Å². The fraction of sp³-hybridized carbons (Fsp3) is 0.320. The van der Waals surface area contributed by atoms with Crippen LogP contribution in [0.1, 0.15) is 28.7 Å². The summed E-state index contributed by atoms with van der Waals surface area (Å²) in [6.07, 6.45) is 0.413. The molecule has 0 spiro atoms. The molecule has 0 radical (unpaired) electrons. The lowest BCUT2D eigenvalue weighted by molar-refractivity contribution is -0.384. The Kier molecular flexibility index (Phi) is 7.30. The molecule has 0 saturated carbocycles. The molecule has 1 fully saturated rings. The van der Waals surface area contributed by atoms with Gasteiger partial charge in [0.25, 0.3) is 11.6 Å². The molecule has 0 unspecified atom stereocenters. The molecule has 0 atom stereocenters. The second-order valence-corrected chi connectivity index (χ2v) is 8.66. The van der Waals surface area contributed by atoms with Crippen molar-refractivity contribution in [2.75, 3.05) is 43.4 Å². The number of nitrogens with two attached hydrogens (primary N) is 1. The number of rotatable bonds is 8. The van der Waals surface area contributed by atoms with E-state index in [-0.39, 0.29) is 28.8 Å². The van der Waals surface area contributed by atoms with E-state index in [1.54, 1.807) is 6.07 Å². The number of anilines is 3. The molecule has 11 heteroatoms. The van der Waals surface area contributed by atoms with Gasteiger partial charge in [0.05, 0.1) is 11.0 Å². The Morgan fingerprint density at radius 3 is 2.56 bits per heavy atom. The van der Waals surface area contributed by atoms with Crippen LogP contribution in [0, 0.1) is 17.0 Å². The maximum atomic E-state index is 12.2. The van der Waals surface area contributed by atoms with E-state index in [0.29, 0.717) is 17.8 Å². The number of aryl methyl sites for hydroxylation is 2. The van der Waals surface area contributed by atoms with Gasteiger partial charge in [-0.1, -0.05) is 13.0 Å². The molecule has 1 aliphatic heterocycles. The number of carbonyl (C=O) groups is 1. The minimum absolute atomic E-state index is 0.0148. The van der Waals surface area contributed by atoms with E-state index in [0.717, 1.165) is 37.4 Å². The number of amides is 1. The third kappa shape index (κ3) is 5.52. The first-order chi connectivity index (χ1) is 17.2. The highest BCUT2D eigenvalue weighted by Crippen LogP contribution is 2.31. The molecule has 1 aromatic heterocycles. The van der Waals surface area contributed by atoms with Crippen molar-refractivity contribution in [1.82, 2.24) is 14.9 Å². The summed E-state index contributed by atoms with van der Waals surface area (Å²) < 4.78 is 5.85. The second-order valence-electron chi connectivity index (χ2n) is 8.66. The largest absolute Gasteiger partial charge is 0.437 e. The molecule has 11 nitrogen and oxygen atoms in total. The summed E-state index contributed by atoms with van der Waals surface area (Å²) in [7, 11) is 2.12. The van der Waals surface area contributed by atoms with Crippen LogP contribution in [-0.4, -0.2) is 58.9 Å². The molecule has 4 rings (SSSR count). The summed E-state index contributed by atoms with van der Waals surface area (Å²) in [5.74, 6) is -0.214. The number of carbonyl (C=O) groups excluding carboxylic acids is 1. The smallest absolute Gasteiger partial charge is 0.273 e. The standard InChI is InChI=1S/C25H29N7O4/c1-4-20-25(36-19-7-5-6-18(15-19)32(34)35)29-24(22(28-20)23(26)33)27-17-8-9-21(16(2)14-17)31-12-10-30(3)11-13-31/h5-9,14-15H,4,10-13H2,1-3H3,(H2,26,33)(H,27,29). The first-order valence-corrected chi connectivity index (χ1v) is 11.7. The zero-order chi connectivity index (χ0) is 25.8. The molecule has 3 aromatic rings. The number of likely N-dealkylation sites (N-methyl/N-ethyl adjacent to an activating group) is 1. The Morgan fingerprint density at radius 2 is 1.92 bits per heavy atom. The molecule has 1 amide bonds. The fourth-order valence-electron chi connectivity index (χ4n) is 4.07. The van der Waals surface area contributed by atoms with Crippen LogP contribution in [0.3, 0.4) is 0 Å². The molecule has 1 saturated heterocycles. The second kappa shape index (κ2) is 10.6. The number of nitrogens with one attached hydrogen (secondary N) is 1. The summed E-state index contributed by atoms with van der Waals surface area (Å²) >= 11 is 0. The number of ether oxygens (including phenoxy) is 1. The highest BCUT2D eigenvalue weighted by molar-refractivity contribution is 5.96. The summed E-state index contributed by atoms with van der Waals surface area (Å²) in [6.45, 7) is 7.80. The van der Waals surface area contributed by atoms with Crippen LogP contribution in [-0.2, 0) is 6.42 Å². The van der Waals surface area contributed by atoms with Crippen LogP contribution < -0.4 is 20.7 Å². The van der Waals surface area contributed by atoms with Crippen LogP contribution in [0.15, 0.2) is 42.5 Å². The van der Waals surface area contributed by atoms with Gasteiger partial charge in [-0.15, -0.1) is 0 Å². The van der Waals surface area contributed by atoms with Gasteiger partial charge in [0.2, 0.25) is 5.88 Å². The first-order valence-electron chi connectivity index (χ1n) is 11.7. The van der Waals surface area contributed by atoms with E-state index in [2.05, 4.69) is 32.1 Å². The maximum absolute atomic E-state index is 12.2. The van der Waals surface area contributed by atoms with Gasteiger partial charge in [-0.3, -0.25) is 14.9 Å². The molecule has 2 heterocycles. The lowest BCUT2D eigenvalue weighted by Crippen LogP contribution is -2.44. The minimum atomic E-state index is -0.729. The van der Waals surface area contributed by atoms with Crippen molar-refractivity contribution >= 4 is 28.8 Å². The van der Waals surface area contributed by atoms with Gasteiger partial charge in [0.1, 0.15) is 11.4 Å². The van der Waals surface area contributed by atoms with Crippen molar-refractivity contribution in [2.24, 2.45) is 5.73 Å². The number of non-ortho nitro benzene ring substituents is 1.